The molecule has 7 heteroatoms. The predicted octanol–water partition coefficient (Wildman–Crippen LogP) is 0.339. The van der Waals surface area contributed by atoms with E-state index in [4.69, 9.17) is 5.14 Å². The summed E-state index contributed by atoms with van der Waals surface area (Å²) in [6.45, 7) is 0. The number of aromatic nitrogens is 2. The lowest BCUT2D eigenvalue weighted by Crippen LogP contribution is -2.12. The van der Waals surface area contributed by atoms with Gasteiger partial charge < -0.3 is 0 Å². The maximum atomic E-state index is 11.1. The normalized spacial score (nSPS) is 12.1. The summed E-state index contributed by atoms with van der Waals surface area (Å²) in [7, 11) is -3.70. The molecule has 0 unspecified atom stereocenters. The highest BCUT2D eigenvalue weighted by molar-refractivity contribution is 7.89. The quantitative estimate of drug-likeness (QED) is 0.743. The van der Waals surface area contributed by atoms with Crippen molar-refractivity contribution in [3.05, 3.63) is 18.2 Å². The maximum Gasteiger partial charge on any atom is 0.240 e. The predicted molar refractivity (Wildman–Crippen MR) is 48.8 cm³/mol. The van der Waals surface area contributed by atoms with Gasteiger partial charge in [-0.15, -0.1) is 5.10 Å². The Morgan fingerprint density at radius 2 is 2.15 bits per heavy atom. The Balaban J connectivity index is 2.91. The van der Waals surface area contributed by atoms with E-state index in [1.165, 1.54) is 6.07 Å². The van der Waals surface area contributed by atoms with E-state index in [0.29, 0.717) is 10.2 Å². The third-order valence-electron chi connectivity index (χ3n) is 1.55. The average Bonchev–Trinajstić information content (AvgIpc) is 2.48. The molecule has 0 atom stereocenters. The van der Waals surface area contributed by atoms with E-state index in [1.54, 1.807) is 12.1 Å². The number of benzene rings is 1. The Hall–Kier alpha value is -1.05. The van der Waals surface area contributed by atoms with Crippen molar-refractivity contribution in [3.63, 3.8) is 0 Å². The molecule has 13 heavy (non-hydrogen) atoms. The number of primary sulfonamides is 1. The zero-order chi connectivity index (χ0) is 9.47. The lowest BCUT2D eigenvalue weighted by molar-refractivity contribution is 0.598. The van der Waals surface area contributed by atoms with E-state index >= 15 is 0 Å². The van der Waals surface area contributed by atoms with Crippen molar-refractivity contribution in [2.45, 2.75) is 4.90 Å². The third kappa shape index (κ3) is 1.41. The SMILES string of the molecule is NS(=O)(=O)c1cccc2snnc12. The number of sulfonamides is 1. The molecular weight excluding hydrogens is 210 g/mol. The molecule has 2 aromatic rings. The van der Waals surface area contributed by atoms with Crippen molar-refractivity contribution in [1.29, 1.82) is 0 Å². The first-order valence-corrected chi connectivity index (χ1v) is 5.65. The number of rotatable bonds is 1. The zero-order valence-corrected chi connectivity index (χ0v) is 7.97. The summed E-state index contributed by atoms with van der Waals surface area (Å²) in [6.07, 6.45) is 0. The average molecular weight is 215 g/mol. The van der Waals surface area contributed by atoms with Gasteiger partial charge in [0, 0.05) is 0 Å². The van der Waals surface area contributed by atoms with Gasteiger partial charge in [0.15, 0.2) is 0 Å². The van der Waals surface area contributed by atoms with Gasteiger partial charge in [0.2, 0.25) is 10.0 Å². The molecule has 0 bridgehead atoms. The van der Waals surface area contributed by atoms with Crippen LogP contribution in [0.25, 0.3) is 10.2 Å². The van der Waals surface area contributed by atoms with E-state index in [2.05, 4.69) is 9.59 Å². The second-order valence-electron chi connectivity index (χ2n) is 2.42. The minimum absolute atomic E-state index is 0.0266. The molecule has 2 N–H and O–H groups in total. The Morgan fingerprint density at radius 1 is 1.38 bits per heavy atom. The highest BCUT2D eigenvalue weighted by Gasteiger charge is 2.14. The van der Waals surface area contributed by atoms with Crippen LogP contribution in [0.4, 0.5) is 0 Å². The van der Waals surface area contributed by atoms with E-state index < -0.39 is 10.0 Å². The highest BCUT2D eigenvalue weighted by Crippen LogP contribution is 2.21. The van der Waals surface area contributed by atoms with Gasteiger partial charge in [0.1, 0.15) is 10.4 Å². The summed E-state index contributed by atoms with van der Waals surface area (Å²) in [5.74, 6) is 0. The summed E-state index contributed by atoms with van der Waals surface area (Å²) in [4.78, 5) is 0.0266. The summed E-state index contributed by atoms with van der Waals surface area (Å²) in [5.41, 5.74) is 0.343. The van der Waals surface area contributed by atoms with Crippen LogP contribution in [0.5, 0.6) is 0 Å². The van der Waals surface area contributed by atoms with Crippen LogP contribution in [0.1, 0.15) is 0 Å². The molecule has 1 aromatic heterocycles. The van der Waals surface area contributed by atoms with Gasteiger partial charge in [-0.1, -0.05) is 10.6 Å². The van der Waals surface area contributed by atoms with Crippen LogP contribution in [0.2, 0.25) is 0 Å². The Bertz CT molecular complexity index is 546. The molecule has 5 nitrogen and oxygen atoms in total. The van der Waals surface area contributed by atoms with Crippen LogP contribution in [-0.2, 0) is 10.0 Å². The van der Waals surface area contributed by atoms with Crippen LogP contribution in [0.3, 0.4) is 0 Å². The lowest BCUT2D eigenvalue weighted by Gasteiger charge is -1.96. The lowest BCUT2D eigenvalue weighted by atomic mass is 10.3. The molecule has 0 radical (unpaired) electrons. The van der Waals surface area contributed by atoms with Crippen molar-refractivity contribution in [2.75, 3.05) is 0 Å². The van der Waals surface area contributed by atoms with E-state index in [0.717, 1.165) is 11.5 Å². The van der Waals surface area contributed by atoms with Gasteiger partial charge >= 0.3 is 0 Å². The van der Waals surface area contributed by atoms with Gasteiger partial charge in [0.25, 0.3) is 0 Å². The molecule has 0 aliphatic carbocycles. The van der Waals surface area contributed by atoms with Gasteiger partial charge in [-0.2, -0.15) is 0 Å². The first-order chi connectivity index (χ1) is 6.09. The summed E-state index contributed by atoms with van der Waals surface area (Å²) >= 11 is 1.14. The maximum absolute atomic E-state index is 11.1. The van der Waals surface area contributed by atoms with Crippen molar-refractivity contribution < 1.29 is 8.42 Å². The van der Waals surface area contributed by atoms with Crippen LogP contribution in [0, 0.1) is 0 Å². The fourth-order valence-electron chi connectivity index (χ4n) is 1.01. The number of fused-ring (bicyclic) bond motifs is 1. The second kappa shape index (κ2) is 2.72. The van der Waals surface area contributed by atoms with Crippen LogP contribution < -0.4 is 5.14 Å². The molecule has 0 saturated heterocycles. The smallest absolute Gasteiger partial charge is 0.225 e. The van der Waals surface area contributed by atoms with E-state index in [9.17, 15) is 8.42 Å². The number of nitrogens with two attached hydrogens (primary N) is 1. The van der Waals surface area contributed by atoms with Crippen molar-refractivity contribution in [2.24, 2.45) is 5.14 Å². The monoisotopic (exact) mass is 215 g/mol. The summed E-state index contributed by atoms with van der Waals surface area (Å²) < 4.78 is 26.5. The fraction of sp³-hybridized carbons (Fsp3) is 0. The number of hydrogen-bond donors (Lipinski definition) is 1. The second-order valence-corrected chi connectivity index (χ2v) is 4.74. The van der Waals surface area contributed by atoms with E-state index in [-0.39, 0.29) is 4.90 Å². The molecule has 2 rings (SSSR count). The van der Waals surface area contributed by atoms with Gasteiger partial charge in [0.05, 0.1) is 4.70 Å². The van der Waals surface area contributed by atoms with Crippen LogP contribution in [-0.4, -0.2) is 18.0 Å². The van der Waals surface area contributed by atoms with Gasteiger partial charge in [-0.05, 0) is 23.7 Å². The first-order valence-electron chi connectivity index (χ1n) is 3.33. The minimum atomic E-state index is -3.70. The van der Waals surface area contributed by atoms with Crippen LogP contribution >= 0.6 is 11.5 Å². The molecule has 1 aromatic carbocycles. The molecule has 68 valence electrons. The molecule has 0 saturated carbocycles. The number of nitrogens with zero attached hydrogens (tertiary/aromatic N) is 2. The largest absolute Gasteiger partial charge is 0.240 e. The van der Waals surface area contributed by atoms with Gasteiger partial charge in [-0.25, -0.2) is 13.6 Å². The molecule has 0 amide bonds. The Labute approximate surface area is 78.4 Å². The number of hydrogen-bond acceptors (Lipinski definition) is 5. The minimum Gasteiger partial charge on any atom is -0.225 e. The van der Waals surface area contributed by atoms with Crippen LogP contribution in [0.15, 0.2) is 23.1 Å². The Morgan fingerprint density at radius 3 is 2.85 bits per heavy atom. The van der Waals surface area contributed by atoms with Crippen molar-refractivity contribution in [1.82, 2.24) is 9.59 Å². The topological polar surface area (TPSA) is 85.9 Å². The zero-order valence-electron chi connectivity index (χ0n) is 6.34. The standard InChI is InChI=1S/C6H5N3O2S2/c7-13(10,11)5-3-1-2-4-6(5)8-9-12-4/h1-3H,(H2,7,10,11). The van der Waals surface area contributed by atoms with E-state index in [1.807, 2.05) is 0 Å². The fourth-order valence-corrected chi connectivity index (χ4v) is 2.35. The third-order valence-corrected chi connectivity index (χ3v) is 3.18. The summed E-state index contributed by atoms with van der Waals surface area (Å²) in [5, 5.41) is 8.69. The first kappa shape index (κ1) is 8.54. The molecule has 0 aliphatic heterocycles. The molecule has 0 fully saturated rings. The van der Waals surface area contributed by atoms with Crippen molar-refractivity contribution >= 4 is 31.8 Å². The highest BCUT2D eigenvalue weighted by atomic mass is 32.2. The molecular formula is C6H5N3O2S2. The Kier molecular flexibility index (Phi) is 1.79. The molecule has 1 heterocycles. The van der Waals surface area contributed by atoms with Gasteiger partial charge in [-0.3, -0.25) is 0 Å². The molecule has 0 spiro atoms. The van der Waals surface area contributed by atoms with Crippen molar-refractivity contribution in [3.8, 4) is 0 Å². The summed E-state index contributed by atoms with van der Waals surface area (Å²) in [6, 6.07) is 4.77. The molecule has 0 aliphatic rings.